The summed E-state index contributed by atoms with van der Waals surface area (Å²) in [7, 11) is 1.88. The molecular weight excluding hydrogens is 220 g/mol. The lowest BCUT2D eigenvalue weighted by atomic mass is 10.2. The largest absolute Gasteiger partial charge is 0.406 e. The summed E-state index contributed by atoms with van der Waals surface area (Å²) in [5.41, 5.74) is 0. The van der Waals surface area contributed by atoms with Crippen LogP contribution in [0.4, 0.5) is 6.01 Å². The lowest BCUT2D eigenvalue weighted by Gasteiger charge is -2.30. The maximum Gasteiger partial charge on any atom is 0.318 e. The summed E-state index contributed by atoms with van der Waals surface area (Å²) in [4.78, 5) is 2.14. The van der Waals surface area contributed by atoms with Crippen LogP contribution in [0.2, 0.25) is 0 Å². The van der Waals surface area contributed by atoms with E-state index in [-0.39, 0.29) is 6.04 Å². The highest BCUT2D eigenvalue weighted by Crippen LogP contribution is 2.29. The van der Waals surface area contributed by atoms with Gasteiger partial charge in [-0.25, -0.2) is 0 Å². The first-order chi connectivity index (χ1) is 8.26. The lowest BCUT2D eigenvalue weighted by molar-refractivity contribution is 0.0287. The van der Waals surface area contributed by atoms with Crippen molar-refractivity contribution in [3.8, 4) is 0 Å². The summed E-state index contributed by atoms with van der Waals surface area (Å²) < 4.78 is 11.5. The van der Waals surface area contributed by atoms with Crippen LogP contribution in [0.25, 0.3) is 0 Å². The number of ether oxygens (including phenoxy) is 1. The summed E-state index contributed by atoms with van der Waals surface area (Å²) in [5.74, 6) is 0.640. The molecule has 0 radical (unpaired) electrons. The molecule has 1 N–H and O–H groups in total. The third-order valence-corrected chi connectivity index (χ3v) is 3.55. The summed E-state index contributed by atoms with van der Waals surface area (Å²) in [6.45, 7) is 3.73. The van der Waals surface area contributed by atoms with E-state index in [1.54, 1.807) is 0 Å². The summed E-state index contributed by atoms with van der Waals surface area (Å²) in [5, 5.41) is 11.3. The van der Waals surface area contributed by atoms with Gasteiger partial charge in [-0.15, -0.1) is 5.10 Å². The molecule has 0 aliphatic carbocycles. The third kappa shape index (κ3) is 2.02. The van der Waals surface area contributed by atoms with E-state index >= 15 is 0 Å². The molecule has 3 atom stereocenters. The number of anilines is 1. The Morgan fingerprint density at radius 2 is 2.00 bits per heavy atom. The smallest absolute Gasteiger partial charge is 0.318 e. The Bertz CT molecular complexity index is 383. The molecular formula is C11H18N4O2. The van der Waals surface area contributed by atoms with E-state index in [2.05, 4.69) is 20.4 Å². The Labute approximate surface area is 100 Å². The average Bonchev–Trinajstić information content (AvgIpc) is 2.95. The molecule has 2 fully saturated rings. The van der Waals surface area contributed by atoms with E-state index in [4.69, 9.17) is 9.15 Å². The molecule has 2 aliphatic heterocycles. The van der Waals surface area contributed by atoms with Gasteiger partial charge < -0.3 is 19.4 Å². The topological polar surface area (TPSA) is 63.4 Å². The van der Waals surface area contributed by atoms with Gasteiger partial charge in [0.1, 0.15) is 0 Å². The van der Waals surface area contributed by atoms with Crippen LogP contribution < -0.4 is 10.2 Å². The highest BCUT2D eigenvalue weighted by molar-refractivity contribution is 5.27. The second-order valence-electron chi connectivity index (χ2n) is 4.80. The fourth-order valence-corrected chi connectivity index (χ4v) is 2.42. The zero-order valence-electron chi connectivity index (χ0n) is 10.2. The Morgan fingerprint density at radius 3 is 2.65 bits per heavy atom. The van der Waals surface area contributed by atoms with E-state index in [1.165, 1.54) is 0 Å². The minimum absolute atomic E-state index is 0.0917. The number of hydrogen-bond donors (Lipinski definition) is 1. The molecule has 2 saturated heterocycles. The fraction of sp³-hybridized carbons (Fsp3) is 0.818. The number of rotatable bonds is 3. The Hall–Kier alpha value is -1.14. The van der Waals surface area contributed by atoms with Gasteiger partial charge in [-0.05, 0) is 26.8 Å². The van der Waals surface area contributed by atoms with Gasteiger partial charge in [0, 0.05) is 13.1 Å². The van der Waals surface area contributed by atoms with Crippen molar-refractivity contribution in [1.29, 1.82) is 0 Å². The number of nitrogens with zero attached hydrogens (tertiary/aromatic N) is 3. The minimum Gasteiger partial charge on any atom is -0.406 e. The zero-order chi connectivity index (χ0) is 11.8. The summed E-state index contributed by atoms with van der Waals surface area (Å²) in [6, 6.07) is 0.719. The first-order valence-corrected chi connectivity index (χ1v) is 6.17. The van der Waals surface area contributed by atoms with E-state index in [0.29, 0.717) is 24.1 Å². The lowest BCUT2D eigenvalue weighted by Crippen LogP contribution is -2.42. The van der Waals surface area contributed by atoms with Gasteiger partial charge in [0.25, 0.3) is 0 Å². The van der Waals surface area contributed by atoms with Crippen LogP contribution in [0.3, 0.4) is 0 Å². The first-order valence-electron chi connectivity index (χ1n) is 6.17. The highest BCUT2D eigenvalue weighted by atomic mass is 16.5. The molecule has 0 saturated carbocycles. The molecule has 0 amide bonds. The van der Waals surface area contributed by atoms with Crippen LogP contribution in [0, 0.1) is 0 Å². The van der Waals surface area contributed by atoms with E-state index < -0.39 is 0 Å². The number of aromatic nitrogens is 2. The Kier molecular flexibility index (Phi) is 2.76. The molecule has 1 aromatic rings. The molecule has 3 unspecified atom stereocenters. The Balaban J connectivity index is 1.73. The molecule has 3 rings (SSSR count). The maximum atomic E-state index is 5.78. The average molecular weight is 238 g/mol. The van der Waals surface area contributed by atoms with Crippen LogP contribution in [-0.2, 0) is 4.74 Å². The van der Waals surface area contributed by atoms with Crippen LogP contribution in [-0.4, -0.2) is 42.5 Å². The molecule has 0 aromatic carbocycles. The van der Waals surface area contributed by atoms with Crippen molar-refractivity contribution < 1.29 is 9.15 Å². The molecule has 6 heteroatoms. The molecule has 0 spiro atoms. The van der Waals surface area contributed by atoms with Crippen molar-refractivity contribution in [1.82, 2.24) is 15.5 Å². The van der Waals surface area contributed by atoms with Gasteiger partial charge >= 0.3 is 6.01 Å². The monoisotopic (exact) mass is 238 g/mol. The van der Waals surface area contributed by atoms with Crippen molar-refractivity contribution in [2.45, 2.75) is 38.0 Å². The van der Waals surface area contributed by atoms with Gasteiger partial charge in [-0.3, -0.25) is 0 Å². The van der Waals surface area contributed by atoms with Gasteiger partial charge in [-0.2, -0.15) is 0 Å². The highest BCUT2D eigenvalue weighted by Gasteiger charge is 2.35. The minimum atomic E-state index is 0.0917. The van der Waals surface area contributed by atoms with Crippen molar-refractivity contribution in [3.05, 3.63) is 5.89 Å². The first kappa shape index (κ1) is 11.0. The number of nitrogens with one attached hydrogen (secondary N) is 1. The van der Waals surface area contributed by atoms with Crippen molar-refractivity contribution >= 4 is 6.01 Å². The van der Waals surface area contributed by atoms with Gasteiger partial charge in [0.2, 0.25) is 5.89 Å². The van der Waals surface area contributed by atoms with Crippen molar-refractivity contribution in [3.63, 3.8) is 0 Å². The summed E-state index contributed by atoms with van der Waals surface area (Å²) in [6.07, 6.45) is 2.97. The van der Waals surface area contributed by atoms with E-state index in [0.717, 1.165) is 25.9 Å². The standard InChI is InChI=1S/C11H18N4O2/c1-7(12-2)10-13-14-11(17-10)15-5-8-3-4-9(6-15)16-8/h7-9,12H,3-6H2,1-2H3. The van der Waals surface area contributed by atoms with Crippen LogP contribution in [0.1, 0.15) is 31.7 Å². The molecule has 6 nitrogen and oxygen atoms in total. The normalized spacial score (nSPS) is 29.6. The van der Waals surface area contributed by atoms with Crippen molar-refractivity contribution in [2.75, 3.05) is 25.0 Å². The second kappa shape index (κ2) is 4.27. The van der Waals surface area contributed by atoms with Crippen LogP contribution in [0.15, 0.2) is 4.42 Å². The fourth-order valence-electron chi connectivity index (χ4n) is 2.42. The van der Waals surface area contributed by atoms with E-state index in [9.17, 15) is 0 Å². The van der Waals surface area contributed by atoms with Crippen LogP contribution >= 0.6 is 0 Å². The molecule has 94 valence electrons. The second-order valence-corrected chi connectivity index (χ2v) is 4.80. The molecule has 2 bridgehead atoms. The number of hydrogen-bond acceptors (Lipinski definition) is 6. The van der Waals surface area contributed by atoms with Crippen molar-refractivity contribution in [2.24, 2.45) is 0 Å². The molecule has 17 heavy (non-hydrogen) atoms. The summed E-state index contributed by atoms with van der Waals surface area (Å²) >= 11 is 0. The van der Waals surface area contributed by atoms with Gasteiger partial charge in [0.05, 0.1) is 18.2 Å². The third-order valence-electron chi connectivity index (χ3n) is 3.55. The SMILES string of the molecule is CNC(C)c1nnc(N2CC3CCC(C2)O3)o1. The van der Waals surface area contributed by atoms with Gasteiger partial charge in [-0.1, -0.05) is 5.10 Å². The number of morpholine rings is 1. The number of fused-ring (bicyclic) bond motifs is 2. The quantitative estimate of drug-likeness (QED) is 0.837. The van der Waals surface area contributed by atoms with Gasteiger partial charge in [0.15, 0.2) is 0 Å². The Morgan fingerprint density at radius 1 is 1.29 bits per heavy atom. The van der Waals surface area contributed by atoms with Crippen LogP contribution in [0.5, 0.6) is 0 Å². The predicted molar refractivity (Wildman–Crippen MR) is 61.9 cm³/mol. The predicted octanol–water partition coefficient (Wildman–Crippen LogP) is 0.718. The molecule has 3 heterocycles. The zero-order valence-corrected chi connectivity index (χ0v) is 10.2. The maximum absolute atomic E-state index is 5.78. The molecule has 1 aromatic heterocycles. The molecule has 2 aliphatic rings. The van der Waals surface area contributed by atoms with E-state index in [1.807, 2.05) is 14.0 Å².